The number of aliphatic hydroxyl groups excluding tert-OH is 1. The van der Waals surface area contributed by atoms with Crippen LogP contribution in [0.15, 0.2) is 30.5 Å². The summed E-state index contributed by atoms with van der Waals surface area (Å²) in [5.74, 6) is 0. The van der Waals surface area contributed by atoms with Crippen LogP contribution in [0.3, 0.4) is 0 Å². The van der Waals surface area contributed by atoms with E-state index in [4.69, 9.17) is 0 Å². The van der Waals surface area contributed by atoms with Crippen LogP contribution < -0.4 is 0 Å². The number of nitrogens with zero attached hydrogens (tertiary/aromatic N) is 2. The fourth-order valence-electron chi connectivity index (χ4n) is 2.20. The first-order chi connectivity index (χ1) is 8.65. The smallest absolute Gasteiger partial charge is 0.121 e. The molecule has 0 radical (unpaired) electrons. The highest BCUT2D eigenvalue weighted by molar-refractivity contribution is 5.37. The van der Waals surface area contributed by atoms with Crippen LogP contribution in [0.25, 0.3) is 0 Å². The van der Waals surface area contributed by atoms with Crippen molar-refractivity contribution in [2.24, 2.45) is 0 Å². The molecule has 1 N–H and O–H groups in total. The van der Waals surface area contributed by atoms with Gasteiger partial charge in [-0.3, -0.25) is 4.68 Å². The van der Waals surface area contributed by atoms with Gasteiger partial charge in [0.2, 0.25) is 0 Å². The average molecular weight is 244 g/mol. The van der Waals surface area contributed by atoms with E-state index in [1.54, 1.807) is 6.20 Å². The largest absolute Gasteiger partial charge is 0.382 e. The lowest BCUT2D eigenvalue weighted by Gasteiger charge is -2.16. The van der Waals surface area contributed by atoms with E-state index in [1.807, 2.05) is 22.9 Å². The Morgan fingerprint density at radius 3 is 2.78 bits per heavy atom. The van der Waals surface area contributed by atoms with Crippen LogP contribution >= 0.6 is 0 Å². The van der Waals surface area contributed by atoms with Gasteiger partial charge in [-0.25, -0.2) is 0 Å². The molecular weight excluding hydrogens is 224 g/mol. The Hall–Kier alpha value is -1.61. The Morgan fingerprint density at radius 1 is 1.28 bits per heavy atom. The van der Waals surface area contributed by atoms with Crippen molar-refractivity contribution in [3.63, 3.8) is 0 Å². The summed E-state index contributed by atoms with van der Waals surface area (Å²) in [7, 11) is 0. The molecule has 1 aromatic carbocycles. The molecule has 3 heteroatoms. The van der Waals surface area contributed by atoms with E-state index in [-0.39, 0.29) is 0 Å². The zero-order valence-electron chi connectivity index (χ0n) is 11.2. The molecule has 2 rings (SSSR count). The molecule has 0 aliphatic carbocycles. The van der Waals surface area contributed by atoms with Crippen LogP contribution in [-0.4, -0.2) is 14.9 Å². The first kappa shape index (κ1) is 12.8. The second-order valence-corrected chi connectivity index (χ2v) is 4.67. The Bertz CT molecular complexity index is 531. The molecule has 0 spiro atoms. The minimum atomic E-state index is -0.598. The van der Waals surface area contributed by atoms with Crippen molar-refractivity contribution in [3.8, 4) is 0 Å². The summed E-state index contributed by atoms with van der Waals surface area (Å²) in [5, 5.41) is 14.8. The summed E-state index contributed by atoms with van der Waals surface area (Å²) in [5.41, 5.74) is 4.18. The van der Waals surface area contributed by atoms with Crippen molar-refractivity contribution in [2.45, 2.75) is 39.8 Å². The standard InChI is InChI=1S/C15H20N2O/c1-4-10-17-14(8-9-16-17)15(18)13-7-5-6-11(2)12(13)3/h5-9,15,18H,4,10H2,1-3H3. The zero-order valence-corrected chi connectivity index (χ0v) is 11.2. The first-order valence-electron chi connectivity index (χ1n) is 6.41. The molecule has 96 valence electrons. The molecule has 1 heterocycles. The number of hydrogen-bond donors (Lipinski definition) is 1. The molecule has 0 saturated carbocycles. The summed E-state index contributed by atoms with van der Waals surface area (Å²) < 4.78 is 1.88. The predicted molar refractivity (Wildman–Crippen MR) is 72.5 cm³/mol. The van der Waals surface area contributed by atoms with Gasteiger partial charge in [0.15, 0.2) is 0 Å². The molecule has 3 nitrogen and oxygen atoms in total. The van der Waals surface area contributed by atoms with Crippen LogP contribution in [0.1, 0.15) is 41.8 Å². The summed E-state index contributed by atoms with van der Waals surface area (Å²) in [6, 6.07) is 7.93. The van der Waals surface area contributed by atoms with Crippen molar-refractivity contribution in [2.75, 3.05) is 0 Å². The highest BCUT2D eigenvalue weighted by Gasteiger charge is 2.17. The Balaban J connectivity index is 2.38. The molecule has 18 heavy (non-hydrogen) atoms. The normalized spacial score (nSPS) is 12.7. The molecule has 0 aliphatic heterocycles. The van der Waals surface area contributed by atoms with Crippen LogP contribution in [-0.2, 0) is 6.54 Å². The minimum absolute atomic E-state index is 0.598. The number of benzene rings is 1. The van der Waals surface area contributed by atoms with Crippen LogP contribution in [0, 0.1) is 13.8 Å². The summed E-state index contributed by atoms with van der Waals surface area (Å²) in [4.78, 5) is 0. The number of aryl methyl sites for hydroxylation is 2. The third-order valence-electron chi connectivity index (χ3n) is 3.41. The third kappa shape index (κ3) is 2.31. The maximum Gasteiger partial charge on any atom is 0.121 e. The SMILES string of the molecule is CCCn1nccc1C(O)c1cccc(C)c1C. The van der Waals surface area contributed by atoms with Crippen LogP contribution in [0.5, 0.6) is 0 Å². The molecule has 1 unspecified atom stereocenters. The summed E-state index contributed by atoms with van der Waals surface area (Å²) in [6.07, 6.45) is 2.16. The second-order valence-electron chi connectivity index (χ2n) is 4.67. The van der Waals surface area contributed by atoms with Gasteiger partial charge >= 0.3 is 0 Å². The van der Waals surface area contributed by atoms with Crippen molar-refractivity contribution >= 4 is 0 Å². The molecule has 1 atom stereocenters. The van der Waals surface area contributed by atoms with E-state index >= 15 is 0 Å². The van der Waals surface area contributed by atoms with Gasteiger partial charge in [0.1, 0.15) is 6.10 Å². The van der Waals surface area contributed by atoms with Crippen molar-refractivity contribution in [1.82, 2.24) is 9.78 Å². The molecule has 0 saturated heterocycles. The topological polar surface area (TPSA) is 38.0 Å². The quantitative estimate of drug-likeness (QED) is 0.897. The van der Waals surface area contributed by atoms with Gasteiger partial charge in [0, 0.05) is 12.7 Å². The van der Waals surface area contributed by atoms with Crippen LogP contribution in [0.4, 0.5) is 0 Å². The summed E-state index contributed by atoms with van der Waals surface area (Å²) in [6.45, 7) is 7.06. The first-order valence-corrected chi connectivity index (χ1v) is 6.41. The maximum atomic E-state index is 10.5. The van der Waals surface area contributed by atoms with Crippen molar-refractivity contribution in [3.05, 3.63) is 52.8 Å². The van der Waals surface area contributed by atoms with Gasteiger partial charge in [0.25, 0.3) is 0 Å². The third-order valence-corrected chi connectivity index (χ3v) is 3.41. The predicted octanol–water partition coefficient (Wildman–Crippen LogP) is 2.99. The highest BCUT2D eigenvalue weighted by atomic mass is 16.3. The number of aromatic nitrogens is 2. The number of rotatable bonds is 4. The van der Waals surface area contributed by atoms with E-state index in [0.29, 0.717) is 0 Å². The Labute approximate surface area is 108 Å². The monoisotopic (exact) mass is 244 g/mol. The number of aliphatic hydroxyl groups is 1. The highest BCUT2D eigenvalue weighted by Crippen LogP contribution is 2.26. The van der Waals surface area contributed by atoms with Crippen molar-refractivity contribution in [1.29, 1.82) is 0 Å². The van der Waals surface area contributed by atoms with E-state index < -0.39 is 6.10 Å². The molecule has 0 amide bonds. The zero-order chi connectivity index (χ0) is 13.1. The fourth-order valence-corrected chi connectivity index (χ4v) is 2.20. The Morgan fingerprint density at radius 2 is 2.06 bits per heavy atom. The lowest BCUT2D eigenvalue weighted by molar-refractivity contribution is 0.206. The number of hydrogen-bond acceptors (Lipinski definition) is 2. The lowest BCUT2D eigenvalue weighted by Crippen LogP contribution is -2.11. The van der Waals surface area contributed by atoms with Gasteiger partial charge < -0.3 is 5.11 Å². The minimum Gasteiger partial charge on any atom is -0.382 e. The van der Waals surface area contributed by atoms with Crippen LogP contribution in [0.2, 0.25) is 0 Å². The van der Waals surface area contributed by atoms with E-state index in [0.717, 1.165) is 29.8 Å². The van der Waals surface area contributed by atoms with E-state index in [2.05, 4.69) is 31.9 Å². The molecule has 0 fully saturated rings. The Kier molecular flexibility index (Phi) is 3.82. The van der Waals surface area contributed by atoms with E-state index in [1.165, 1.54) is 5.56 Å². The molecule has 0 bridgehead atoms. The van der Waals surface area contributed by atoms with Gasteiger partial charge in [0.05, 0.1) is 5.69 Å². The maximum absolute atomic E-state index is 10.5. The van der Waals surface area contributed by atoms with Gasteiger partial charge in [-0.1, -0.05) is 25.1 Å². The molecule has 2 aromatic rings. The molecular formula is C15H20N2O. The lowest BCUT2D eigenvalue weighted by atomic mass is 9.97. The molecule has 1 aromatic heterocycles. The molecule has 0 aliphatic rings. The second kappa shape index (κ2) is 5.36. The van der Waals surface area contributed by atoms with Crippen molar-refractivity contribution < 1.29 is 5.11 Å². The summed E-state index contributed by atoms with van der Waals surface area (Å²) >= 11 is 0. The van der Waals surface area contributed by atoms with Gasteiger partial charge in [-0.05, 0) is 43.0 Å². The van der Waals surface area contributed by atoms with E-state index in [9.17, 15) is 5.11 Å². The average Bonchev–Trinajstić information content (AvgIpc) is 2.80. The van der Waals surface area contributed by atoms with Gasteiger partial charge in [-0.15, -0.1) is 0 Å². The van der Waals surface area contributed by atoms with Gasteiger partial charge in [-0.2, -0.15) is 5.10 Å². The fraction of sp³-hybridized carbons (Fsp3) is 0.400.